The van der Waals surface area contributed by atoms with Crippen LogP contribution in [-0.4, -0.2) is 40.5 Å². The molecule has 2 heterocycles. The highest BCUT2D eigenvalue weighted by molar-refractivity contribution is 5.90. The van der Waals surface area contributed by atoms with Crippen molar-refractivity contribution in [3.63, 3.8) is 0 Å². The average molecular weight is 345 g/mol. The van der Waals surface area contributed by atoms with Gasteiger partial charge in [0.05, 0.1) is 23.8 Å². The third kappa shape index (κ3) is 2.72. The summed E-state index contributed by atoms with van der Waals surface area (Å²) in [6, 6.07) is 3.70. The number of benzene rings is 1. The maximum Gasteiger partial charge on any atom is 0.329 e. The lowest BCUT2D eigenvalue weighted by atomic mass is 9.94. The van der Waals surface area contributed by atoms with Gasteiger partial charge in [-0.25, -0.2) is 4.79 Å². The monoisotopic (exact) mass is 345 g/mol. The predicted molar refractivity (Wildman–Crippen MR) is 95.7 cm³/mol. The van der Waals surface area contributed by atoms with Crippen LogP contribution in [0.15, 0.2) is 21.7 Å². The highest BCUT2D eigenvalue weighted by Gasteiger charge is 2.32. The third-order valence-corrected chi connectivity index (χ3v) is 5.17. The lowest BCUT2D eigenvalue weighted by molar-refractivity contribution is 0.0448. The Bertz CT molecular complexity index is 940. The number of methoxy groups -OCH3 is 1. The van der Waals surface area contributed by atoms with Gasteiger partial charge in [0, 0.05) is 19.1 Å². The maximum atomic E-state index is 12.4. The molecule has 1 aromatic heterocycles. The summed E-state index contributed by atoms with van der Waals surface area (Å²) in [6.07, 6.45) is 3.48. The van der Waals surface area contributed by atoms with Gasteiger partial charge in [0.15, 0.2) is 5.75 Å². The van der Waals surface area contributed by atoms with Gasteiger partial charge in [0.1, 0.15) is 5.52 Å². The number of hydrogen-bond acceptors (Lipinski definition) is 5. The minimum atomic E-state index is -0.761. The van der Waals surface area contributed by atoms with Gasteiger partial charge < -0.3 is 14.7 Å². The second-order valence-electron chi connectivity index (χ2n) is 7.40. The van der Waals surface area contributed by atoms with Crippen molar-refractivity contribution < 1.29 is 9.84 Å². The Morgan fingerprint density at radius 3 is 2.72 bits per heavy atom. The van der Waals surface area contributed by atoms with Crippen molar-refractivity contribution in [1.82, 2.24) is 9.55 Å². The smallest absolute Gasteiger partial charge is 0.329 e. The Labute approximate surface area is 144 Å². The van der Waals surface area contributed by atoms with Crippen LogP contribution in [-0.2, 0) is 0 Å². The molecule has 1 saturated heterocycles. The second-order valence-corrected chi connectivity index (χ2v) is 7.40. The number of aromatic nitrogens is 2. The van der Waals surface area contributed by atoms with Crippen LogP contribution in [0.5, 0.6) is 5.75 Å². The van der Waals surface area contributed by atoms with E-state index in [0.717, 1.165) is 37.9 Å². The Morgan fingerprint density at radius 2 is 2.08 bits per heavy atom. The van der Waals surface area contributed by atoms with E-state index in [4.69, 9.17) is 4.74 Å². The van der Waals surface area contributed by atoms with Crippen molar-refractivity contribution in [2.45, 2.75) is 44.2 Å². The van der Waals surface area contributed by atoms with E-state index in [1.54, 1.807) is 17.7 Å². The standard InChI is InChI=1S/C18H23N3O4/c1-18(24)8-3-9-20(10-18)13-7-6-12-14(15(13)25-2)21(11-4-5-11)17(23)19-16(12)22/h6-7,11,24H,3-5,8-10H2,1-2H3,(H,19,22,23). The van der Waals surface area contributed by atoms with E-state index in [-0.39, 0.29) is 11.7 Å². The van der Waals surface area contributed by atoms with Crippen LogP contribution < -0.4 is 20.9 Å². The molecule has 1 aliphatic carbocycles. The van der Waals surface area contributed by atoms with Gasteiger partial charge in [-0.2, -0.15) is 0 Å². The maximum absolute atomic E-state index is 12.4. The molecule has 2 fully saturated rings. The molecular formula is C18H23N3O4. The Hall–Kier alpha value is -2.28. The van der Waals surface area contributed by atoms with Crippen LogP contribution >= 0.6 is 0 Å². The van der Waals surface area contributed by atoms with Crippen molar-refractivity contribution in [3.8, 4) is 5.75 Å². The molecular weight excluding hydrogens is 322 g/mol. The number of anilines is 1. The zero-order valence-corrected chi connectivity index (χ0v) is 14.5. The molecule has 0 radical (unpaired) electrons. The summed E-state index contributed by atoms with van der Waals surface area (Å²) in [7, 11) is 1.56. The molecule has 2 N–H and O–H groups in total. The molecule has 1 atom stereocenters. The second kappa shape index (κ2) is 5.62. The van der Waals surface area contributed by atoms with Gasteiger partial charge in [-0.3, -0.25) is 14.3 Å². The number of ether oxygens (including phenoxy) is 1. The zero-order chi connectivity index (χ0) is 17.8. The van der Waals surface area contributed by atoms with Crippen LogP contribution in [0.1, 0.15) is 38.6 Å². The van der Waals surface area contributed by atoms with Gasteiger partial charge in [-0.05, 0) is 44.7 Å². The van der Waals surface area contributed by atoms with Crippen molar-refractivity contribution in [2.24, 2.45) is 0 Å². The lowest BCUT2D eigenvalue weighted by Crippen LogP contribution is -2.46. The van der Waals surface area contributed by atoms with Gasteiger partial charge >= 0.3 is 5.69 Å². The minimum Gasteiger partial charge on any atom is -0.492 e. The Kier molecular flexibility index (Phi) is 3.64. The van der Waals surface area contributed by atoms with E-state index >= 15 is 0 Å². The fourth-order valence-corrected chi connectivity index (χ4v) is 3.87. The SMILES string of the molecule is COc1c(N2CCCC(C)(O)C2)ccc2c(=O)[nH]c(=O)n(C3CC3)c12. The summed E-state index contributed by atoms with van der Waals surface area (Å²) in [5.41, 5.74) is -0.174. The molecule has 2 aromatic rings. The molecule has 1 aromatic carbocycles. The first-order valence-corrected chi connectivity index (χ1v) is 8.74. The first-order chi connectivity index (χ1) is 11.9. The molecule has 134 valence electrons. The molecule has 1 saturated carbocycles. The predicted octanol–water partition coefficient (Wildman–Crippen LogP) is 1.38. The molecule has 1 aliphatic heterocycles. The third-order valence-electron chi connectivity index (χ3n) is 5.17. The van der Waals surface area contributed by atoms with Crippen LogP contribution in [0.3, 0.4) is 0 Å². The molecule has 25 heavy (non-hydrogen) atoms. The summed E-state index contributed by atoms with van der Waals surface area (Å²) >= 11 is 0. The molecule has 7 heteroatoms. The zero-order valence-electron chi connectivity index (χ0n) is 14.5. The van der Waals surface area contributed by atoms with Gasteiger partial charge in [0.2, 0.25) is 0 Å². The molecule has 1 unspecified atom stereocenters. The number of rotatable bonds is 3. The molecule has 0 spiro atoms. The summed E-state index contributed by atoms with van der Waals surface area (Å²) in [5, 5.41) is 10.9. The Morgan fingerprint density at radius 1 is 1.32 bits per heavy atom. The number of β-amino-alcohol motifs (C(OH)–C–C–N with tert-alkyl or cyclic N) is 1. The highest BCUT2D eigenvalue weighted by atomic mass is 16.5. The normalized spacial score (nSPS) is 23.9. The van der Waals surface area contributed by atoms with Crippen molar-refractivity contribution in [2.75, 3.05) is 25.1 Å². The minimum absolute atomic E-state index is 0.112. The number of aromatic amines is 1. The summed E-state index contributed by atoms with van der Waals surface area (Å²) in [5.74, 6) is 0.533. The fraction of sp³-hybridized carbons (Fsp3) is 0.556. The highest BCUT2D eigenvalue weighted by Crippen LogP contribution is 2.41. The van der Waals surface area contributed by atoms with E-state index in [9.17, 15) is 14.7 Å². The van der Waals surface area contributed by atoms with E-state index < -0.39 is 11.2 Å². The molecule has 2 aliphatic rings. The Balaban J connectivity index is 1.96. The largest absolute Gasteiger partial charge is 0.492 e. The van der Waals surface area contributed by atoms with Gasteiger partial charge in [-0.15, -0.1) is 0 Å². The van der Waals surface area contributed by atoms with Crippen LogP contribution in [0.4, 0.5) is 5.69 Å². The number of hydrogen-bond donors (Lipinski definition) is 2. The fourth-order valence-electron chi connectivity index (χ4n) is 3.87. The average Bonchev–Trinajstić information content (AvgIpc) is 3.37. The quantitative estimate of drug-likeness (QED) is 0.878. The number of fused-ring (bicyclic) bond motifs is 1. The first kappa shape index (κ1) is 16.2. The summed E-state index contributed by atoms with van der Waals surface area (Å²) in [4.78, 5) is 29.2. The number of aliphatic hydroxyl groups is 1. The topological polar surface area (TPSA) is 87.6 Å². The number of nitrogens with one attached hydrogen (secondary N) is 1. The number of nitrogens with zero attached hydrogens (tertiary/aromatic N) is 2. The summed E-state index contributed by atoms with van der Waals surface area (Å²) in [6.45, 7) is 3.12. The lowest BCUT2D eigenvalue weighted by Gasteiger charge is -2.38. The summed E-state index contributed by atoms with van der Waals surface area (Å²) < 4.78 is 7.33. The van der Waals surface area contributed by atoms with E-state index in [0.29, 0.717) is 23.2 Å². The van der Waals surface area contributed by atoms with Crippen LogP contribution in [0, 0.1) is 0 Å². The first-order valence-electron chi connectivity index (χ1n) is 8.74. The van der Waals surface area contributed by atoms with Gasteiger partial charge in [-0.1, -0.05) is 0 Å². The number of piperidine rings is 1. The van der Waals surface area contributed by atoms with Crippen molar-refractivity contribution in [3.05, 3.63) is 33.0 Å². The number of H-pyrrole nitrogens is 1. The van der Waals surface area contributed by atoms with E-state index in [1.165, 1.54) is 0 Å². The molecule has 4 rings (SSSR count). The van der Waals surface area contributed by atoms with E-state index in [1.807, 2.05) is 13.0 Å². The molecule has 0 amide bonds. The van der Waals surface area contributed by atoms with Crippen molar-refractivity contribution in [1.29, 1.82) is 0 Å². The van der Waals surface area contributed by atoms with Crippen LogP contribution in [0.25, 0.3) is 10.9 Å². The van der Waals surface area contributed by atoms with E-state index in [2.05, 4.69) is 9.88 Å². The molecule has 7 nitrogen and oxygen atoms in total. The molecule has 0 bridgehead atoms. The van der Waals surface area contributed by atoms with Gasteiger partial charge in [0.25, 0.3) is 5.56 Å². The van der Waals surface area contributed by atoms with Crippen LogP contribution in [0.2, 0.25) is 0 Å². The van der Waals surface area contributed by atoms with Crippen molar-refractivity contribution >= 4 is 16.6 Å².